The zero-order valence-electron chi connectivity index (χ0n) is 13.2. The number of aryl methyl sites for hydroxylation is 2. The number of aliphatic hydroxyl groups is 1. The molecule has 0 aliphatic heterocycles. The highest BCUT2D eigenvalue weighted by atomic mass is 32.1. The van der Waals surface area contributed by atoms with E-state index in [9.17, 15) is 9.90 Å². The monoisotopic (exact) mass is 331 g/mol. The fourth-order valence-electron chi connectivity index (χ4n) is 2.82. The van der Waals surface area contributed by atoms with Crippen LogP contribution in [0.2, 0.25) is 0 Å². The summed E-state index contributed by atoms with van der Waals surface area (Å²) in [5.41, 5.74) is 2.08. The summed E-state index contributed by atoms with van der Waals surface area (Å²) in [5, 5.41) is 13.0. The Bertz CT molecular complexity index is 655. The molecule has 0 fully saturated rings. The number of carbonyl (C=O) groups is 1. The van der Waals surface area contributed by atoms with Gasteiger partial charge in [-0.15, -0.1) is 11.3 Å². The minimum atomic E-state index is -0.723. The van der Waals surface area contributed by atoms with Gasteiger partial charge in [-0.1, -0.05) is 12.1 Å². The largest absolute Gasteiger partial charge is 0.497 e. The molecule has 0 saturated heterocycles. The molecule has 1 amide bonds. The molecule has 23 heavy (non-hydrogen) atoms. The number of methoxy groups -OCH3 is 1. The number of fused-ring (bicyclic) bond motifs is 1. The van der Waals surface area contributed by atoms with Crippen molar-refractivity contribution in [1.29, 1.82) is 0 Å². The van der Waals surface area contributed by atoms with Crippen molar-refractivity contribution in [3.05, 3.63) is 51.2 Å². The molecule has 1 aliphatic rings. The van der Waals surface area contributed by atoms with Crippen molar-refractivity contribution < 1.29 is 14.6 Å². The fourth-order valence-corrected chi connectivity index (χ4v) is 3.99. The third-order valence-electron chi connectivity index (χ3n) is 4.18. The zero-order valence-corrected chi connectivity index (χ0v) is 14.0. The highest BCUT2D eigenvalue weighted by Gasteiger charge is 2.18. The van der Waals surface area contributed by atoms with Crippen LogP contribution in [0, 0.1) is 0 Å². The van der Waals surface area contributed by atoms with Gasteiger partial charge in [-0.05, 0) is 55.0 Å². The first-order valence-corrected chi connectivity index (χ1v) is 8.71. The summed E-state index contributed by atoms with van der Waals surface area (Å²) in [6.07, 6.45) is 3.86. The van der Waals surface area contributed by atoms with Gasteiger partial charge in [-0.25, -0.2) is 0 Å². The Hall–Kier alpha value is -1.85. The van der Waals surface area contributed by atoms with E-state index in [4.69, 9.17) is 4.74 Å². The number of ether oxygens (including phenoxy) is 1. The van der Waals surface area contributed by atoms with Crippen LogP contribution in [0.5, 0.6) is 5.75 Å². The van der Waals surface area contributed by atoms with Crippen LogP contribution in [-0.2, 0) is 12.8 Å². The van der Waals surface area contributed by atoms with Crippen molar-refractivity contribution in [1.82, 2.24) is 5.32 Å². The molecule has 122 valence electrons. The van der Waals surface area contributed by atoms with Crippen molar-refractivity contribution in [3.63, 3.8) is 0 Å². The van der Waals surface area contributed by atoms with E-state index >= 15 is 0 Å². The first-order valence-electron chi connectivity index (χ1n) is 7.89. The van der Waals surface area contributed by atoms with Gasteiger partial charge in [0.05, 0.1) is 18.1 Å². The number of benzene rings is 1. The van der Waals surface area contributed by atoms with Gasteiger partial charge in [-0.3, -0.25) is 4.79 Å². The van der Waals surface area contributed by atoms with Crippen molar-refractivity contribution >= 4 is 17.2 Å². The van der Waals surface area contributed by atoms with E-state index < -0.39 is 6.10 Å². The van der Waals surface area contributed by atoms with E-state index in [0.717, 1.165) is 29.0 Å². The molecule has 1 heterocycles. The molecule has 1 aliphatic carbocycles. The molecular weight excluding hydrogens is 310 g/mol. The average Bonchev–Trinajstić information content (AvgIpc) is 3.03. The maximum Gasteiger partial charge on any atom is 0.261 e. The number of nitrogens with one attached hydrogen (secondary N) is 1. The second kappa shape index (κ2) is 7.15. The fraction of sp³-hybridized carbons (Fsp3) is 0.389. The lowest BCUT2D eigenvalue weighted by Gasteiger charge is -2.12. The number of hydrogen-bond donors (Lipinski definition) is 2. The molecule has 0 radical (unpaired) electrons. The maximum absolute atomic E-state index is 12.3. The number of thiophene rings is 1. The van der Waals surface area contributed by atoms with Crippen LogP contribution in [0.4, 0.5) is 0 Å². The van der Waals surface area contributed by atoms with Gasteiger partial charge in [0.25, 0.3) is 5.91 Å². The number of aliphatic hydroxyl groups excluding tert-OH is 1. The summed E-state index contributed by atoms with van der Waals surface area (Å²) < 4.78 is 5.09. The predicted octanol–water partition coefficient (Wildman–Crippen LogP) is 3.10. The molecule has 1 unspecified atom stereocenters. The summed E-state index contributed by atoms with van der Waals surface area (Å²) in [5.74, 6) is 0.645. The van der Waals surface area contributed by atoms with Crippen LogP contribution in [0.25, 0.3) is 0 Å². The highest BCUT2D eigenvalue weighted by Crippen LogP contribution is 2.29. The van der Waals surface area contributed by atoms with Crippen LogP contribution in [0.1, 0.15) is 44.6 Å². The van der Waals surface area contributed by atoms with Crippen LogP contribution in [0.3, 0.4) is 0 Å². The maximum atomic E-state index is 12.3. The predicted molar refractivity (Wildman–Crippen MR) is 91.2 cm³/mol. The molecule has 5 heteroatoms. The lowest BCUT2D eigenvalue weighted by atomic mass is 9.99. The topological polar surface area (TPSA) is 58.6 Å². The van der Waals surface area contributed by atoms with Crippen molar-refractivity contribution in [2.24, 2.45) is 0 Å². The zero-order chi connectivity index (χ0) is 16.2. The summed E-state index contributed by atoms with van der Waals surface area (Å²) in [6.45, 7) is 0.202. The molecule has 0 bridgehead atoms. The molecule has 0 saturated carbocycles. The third kappa shape index (κ3) is 3.74. The van der Waals surface area contributed by atoms with Gasteiger partial charge in [0, 0.05) is 11.4 Å². The van der Waals surface area contributed by atoms with Crippen LogP contribution < -0.4 is 10.1 Å². The van der Waals surface area contributed by atoms with Crippen molar-refractivity contribution in [3.8, 4) is 5.75 Å². The van der Waals surface area contributed by atoms with Gasteiger partial charge < -0.3 is 15.2 Å². The van der Waals surface area contributed by atoms with E-state index in [0.29, 0.717) is 0 Å². The molecule has 1 atom stereocenters. The van der Waals surface area contributed by atoms with E-state index in [1.54, 1.807) is 42.7 Å². The quantitative estimate of drug-likeness (QED) is 0.885. The van der Waals surface area contributed by atoms with Crippen molar-refractivity contribution in [2.75, 3.05) is 13.7 Å². The molecule has 1 aromatic heterocycles. The molecule has 3 rings (SSSR count). The molecule has 4 nitrogen and oxygen atoms in total. The Morgan fingerprint density at radius 2 is 2.04 bits per heavy atom. The van der Waals surface area contributed by atoms with E-state index in [1.807, 2.05) is 6.07 Å². The minimum absolute atomic E-state index is 0.100. The first kappa shape index (κ1) is 16.0. The summed E-state index contributed by atoms with van der Waals surface area (Å²) in [4.78, 5) is 14.4. The van der Waals surface area contributed by atoms with Crippen molar-refractivity contribution in [2.45, 2.75) is 31.8 Å². The molecule has 0 spiro atoms. The Morgan fingerprint density at radius 3 is 2.74 bits per heavy atom. The first-order chi connectivity index (χ1) is 11.2. The lowest BCUT2D eigenvalue weighted by molar-refractivity contribution is 0.0920. The Morgan fingerprint density at radius 1 is 1.30 bits per heavy atom. The molecular formula is C18H21NO3S. The highest BCUT2D eigenvalue weighted by molar-refractivity contribution is 7.14. The normalized spacial score (nSPS) is 14.9. The Kier molecular flexibility index (Phi) is 4.98. The second-order valence-electron chi connectivity index (χ2n) is 5.77. The number of amides is 1. The molecule has 2 aromatic rings. The van der Waals surface area contributed by atoms with Gasteiger partial charge in [0.1, 0.15) is 5.75 Å². The summed E-state index contributed by atoms with van der Waals surface area (Å²) in [6, 6.07) is 9.22. The Balaban J connectivity index is 1.58. The number of carbonyl (C=O) groups excluding carboxylic acids is 1. The van der Waals surface area contributed by atoms with Crippen LogP contribution in [0.15, 0.2) is 30.3 Å². The Labute approximate surface area is 140 Å². The number of hydrogen-bond acceptors (Lipinski definition) is 4. The summed E-state index contributed by atoms with van der Waals surface area (Å²) in [7, 11) is 1.60. The number of rotatable bonds is 5. The van der Waals surface area contributed by atoms with E-state index in [2.05, 4.69) is 5.32 Å². The van der Waals surface area contributed by atoms with Crippen LogP contribution in [-0.4, -0.2) is 24.7 Å². The van der Waals surface area contributed by atoms with Gasteiger partial charge in [0.15, 0.2) is 0 Å². The lowest BCUT2D eigenvalue weighted by Crippen LogP contribution is -2.27. The summed E-state index contributed by atoms with van der Waals surface area (Å²) >= 11 is 1.59. The van der Waals surface area contributed by atoms with Gasteiger partial charge >= 0.3 is 0 Å². The second-order valence-corrected chi connectivity index (χ2v) is 6.90. The van der Waals surface area contributed by atoms with Gasteiger partial charge in [-0.2, -0.15) is 0 Å². The van der Waals surface area contributed by atoms with E-state index in [1.165, 1.54) is 23.3 Å². The average molecular weight is 331 g/mol. The van der Waals surface area contributed by atoms with Crippen LogP contribution >= 0.6 is 11.3 Å². The van der Waals surface area contributed by atoms with Gasteiger partial charge in [0.2, 0.25) is 0 Å². The smallest absolute Gasteiger partial charge is 0.261 e. The molecule has 1 aromatic carbocycles. The third-order valence-corrected chi connectivity index (χ3v) is 5.41. The molecule has 2 N–H and O–H groups in total. The standard InChI is InChI=1S/C18H21NO3S/c1-22-14-8-6-12(7-9-14)15(20)11-19-18(21)17-10-13-4-2-3-5-16(13)23-17/h6-10,15,20H,2-5,11H2,1H3,(H,19,21). The van der Waals surface area contributed by atoms with E-state index in [-0.39, 0.29) is 12.5 Å². The minimum Gasteiger partial charge on any atom is -0.497 e. The SMILES string of the molecule is COc1ccc(C(O)CNC(=O)c2cc3c(s2)CCCC3)cc1.